The Bertz CT molecular complexity index is 407. The van der Waals surface area contributed by atoms with Gasteiger partial charge in [0.05, 0.1) is 0 Å². The van der Waals surface area contributed by atoms with Crippen LogP contribution >= 0.6 is 15.9 Å². The second kappa shape index (κ2) is 5.60. The van der Waals surface area contributed by atoms with Gasteiger partial charge in [0.1, 0.15) is 0 Å². The van der Waals surface area contributed by atoms with Crippen molar-refractivity contribution in [3.8, 4) is 0 Å². The molecule has 19 heavy (non-hydrogen) atoms. The minimum absolute atomic E-state index is 0.358. The zero-order chi connectivity index (χ0) is 13.3. The number of hydrogen-bond acceptors (Lipinski definition) is 0. The van der Waals surface area contributed by atoms with Crippen LogP contribution in [0.3, 0.4) is 0 Å². The Morgan fingerprint density at radius 3 is 2.47 bits per heavy atom. The first-order valence-corrected chi connectivity index (χ1v) is 9.01. The number of alkyl halides is 1. The topological polar surface area (TPSA) is 0 Å². The molecule has 4 unspecified atom stereocenters. The molecule has 0 radical (unpaired) electrons. The fourth-order valence-electron chi connectivity index (χ4n) is 4.61. The molecular weight excluding hydrogens is 296 g/mol. The third-order valence-corrected chi connectivity index (χ3v) is 6.93. The SMILES string of the molecule is CCC(CBr)(CC1CC2CCC1C2)c1ccccc1. The van der Waals surface area contributed by atoms with E-state index < -0.39 is 0 Å². The van der Waals surface area contributed by atoms with Crippen molar-refractivity contribution in [3.63, 3.8) is 0 Å². The lowest BCUT2D eigenvalue weighted by atomic mass is 9.70. The molecule has 0 spiro atoms. The van der Waals surface area contributed by atoms with E-state index >= 15 is 0 Å². The summed E-state index contributed by atoms with van der Waals surface area (Å²) in [6.07, 6.45) is 8.69. The average molecular weight is 321 g/mol. The Kier molecular flexibility index (Phi) is 4.03. The van der Waals surface area contributed by atoms with Gasteiger partial charge in [0.2, 0.25) is 0 Å². The number of rotatable bonds is 5. The van der Waals surface area contributed by atoms with Gasteiger partial charge in [0.25, 0.3) is 0 Å². The molecule has 0 nitrogen and oxygen atoms in total. The summed E-state index contributed by atoms with van der Waals surface area (Å²) in [6.45, 7) is 2.36. The van der Waals surface area contributed by atoms with E-state index in [1.165, 1.54) is 44.1 Å². The molecular formula is C18H25Br. The molecule has 0 amide bonds. The maximum Gasteiger partial charge on any atom is 0.0129 e. The molecule has 2 bridgehead atoms. The van der Waals surface area contributed by atoms with Gasteiger partial charge in [-0.1, -0.05) is 59.6 Å². The van der Waals surface area contributed by atoms with Gasteiger partial charge in [-0.05, 0) is 55.4 Å². The first-order chi connectivity index (χ1) is 9.27. The van der Waals surface area contributed by atoms with Gasteiger partial charge in [0.15, 0.2) is 0 Å². The molecule has 0 heterocycles. The zero-order valence-corrected chi connectivity index (χ0v) is 13.5. The molecule has 2 saturated carbocycles. The fourth-order valence-corrected chi connectivity index (χ4v) is 5.56. The van der Waals surface area contributed by atoms with Crippen LogP contribution in [0.5, 0.6) is 0 Å². The van der Waals surface area contributed by atoms with Gasteiger partial charge in [-0.15, -0.1) is 0 Å². The Hall–Kier alpha value is -0.300. The highest BCUT2D eigenvalue weighted by molar-refractivity contribution is 9.09. The summed E-state index contributed by atoms with van der Waals surface area (Å²) in [5.74, 6) is 3.09. The molecule has 0 aromatic heterocycles. The zero-order valence-electron chi connectivity index (χ0n) is 11.9. The summed E-state index contributed by atoms with van der Waals surface area (Å²) < 4.78 is 0. The average Bonchev–Trinajstić information content (AvgIpc) is 3.08. The number of fused-ring (bicyclic) bond motifs is 2. The molecule has 2 aliphatic carbocycles. The van der Waals surface area contributed by atoms with Crippen molar-refractivity contribution < 1.29 is 0 Å². The predicted octanol–water partition coefficient (Wildman–Crippen LogP) is 5.56. The Balaban J connectivity index is 1.81. The largest absolute Gasteiger partial charge is 0.0918 e. The van der Waals surface area contributed by atoms with E-state index in [1.54, 1.807) is 0 Å². The van der Waals surface area contributed by atoms with E-state index in [0.717, 1.165) is 23.1 Å². The molecule has 2 fully saturated rings. The van der Waals surface area contributed by atoms with E-state index in [9.17, 15) is 0 Å². The lowest BCUT2D eigenvalue weighted by molar-refractivity contribution is 0.249. The molecule has 3 rings (SSSR count). The molecule has 0 aliphatic heterocycles. The Morgan fingerprint density at radius 1 is 1.16 bits per heavy atom. The van der Waals surface area contributed by atoms with Crippen LogP contribution in [-0.4, -0.2) is 5.33 Å². The monoisotopic (exact) mass is 320 g/mol. The normalized spacial score (nSPS) is 32.4. The Morgan fingerprint density at radius 2 is 1.95 bits per heavy atom. The van der Waals surface area contributed by atoms with Crippen LogP contribution in [0.25, 0.3) is 0 Å². The highest BCUT2D eigenvalue weighted by Gasteiger charge is 2.43. The molecule has 1 aromatic rings. The maximum absolute atomic E-state index is 3.83. The van der Waals surface area contributed by atoms with Crippen LogP contribution in [0.4, 0.5) is 0 Å². The van der Waals surface area contributed by atoms with Gasteiger partial charge in [-0.3, -0.25) is 0 Å². The van der Waals surface area contributed by atoms with E-state index in [-0.39, 0.29) is 0 Å². The quantitative estimate of drug-likeness (QED) is 0.623. The number of hydrogen-bond donors (Lipinski definition) is 0. The van der Waals surface area contributed by atoms with Crippen molar-refractivity contribution in [1.29, 1.82) is 0 Å². The first-order valence-electron chi connectivity index (χ1n) is 7.89. The summed E-state index contributed by atoms with van der Waals surface area (Å²) >= 11 is 3.83. The summed E-state index contributed by atoms with van der Waals surface area (Å²) in [4.78, 5) is 0. The van der Waals surface area contributed by atoms with Crippen molar-refractivity contribution in [2.75, 3.05) is 5.33 Å². The van der Waals surface area contributed by atoms with Crippen molar-refractivity contribution in [2.45, 2.75) is 50.9 Å². The van der Waals surface area contributed by atoms with Gasteiger partial charge >= 0.3 is 0 Å². The van der Waals surface area contributed by atoms with Crippen molar-refractivity contribution in [3.05, 3.63) is 35.9 Å². The van der Waals surface area contributed by atoms with Crippen LogP contribution in [0, 0.1) is 17.8 Å². The van der Waals surface area contributed by atoms with E-state index in [2.05, 4.69) is 53.2 Å². The first kappa shape index (κ1) is 13.7. The minimum Gasteiger partial charge on any atom is -0.0918 e. The molecule has 0 N–H and O–H groups in total. The van der Waals surface area contributed by atoms with Gasteiger partial charge in [0, 0.05) is 10.7 Å². The standard InChI is InChI=1S/C18H25Br/c1-2-18(13-19,17-6-4-3-5-7-17)12-16-11-14-8-9-15(16)10-14/h3-7,14-16H,2,8-13H2,1H3. The molecule has 1 heteroatoms. The predicted molar refractivity (Wildman–Crippen MR) is 85.8 cm³/mol. The molecule has 1 aromatic carbocycles. The minimum atomic E-state index is 0.358. The number of benzene rings is 1. The summed E-state index contributed by atoms with van der Waals surface area (Å²) in [6, 6.07) is 11.2. The fraction of sp³-hybridized carbons (Fsp3) is 0.667. The molecule has 0 saturated heterocycles. The highest BCUT2D eigenvalue weighted by Crippen LogP contribution is 2.53. The maximum atomic E-state index is 3.83. The molecule has 4 atom stereocenters. The lowest BCUT2D eigenvalue weighted by Gasteiger charge is -2.37. The van der Waals surface area contributed by atoms with Crippen molar-refractivity contribution in [1.82, 2.24) is 0 Å². The van der Waals surface area contributed by atoms with E-state index in [0.29, 0.717) is 5.41 Å². The van der Waals surface area contributed by atoms with Gasteiger partial charge < -0.3 is 0 Å². The van der Waals surface area contributed by atoms with Crippen LogP contribution in [-0.2, 0) is 5.41 Å². The number of halogens is 1. The Labute approximate surface area is 126 Å². The van der Waals surface area contributed by atoms with Crippen LogP contribution < -0.4 is 0 Å². The van der Waals surface area contributed by atoms with Crippen LogP contribution in [0.2, 0.25) is 0 Å². The van der Waals surface area contributed by atoms with Crippen molar-refractivity contribution >= 4 is 15.9 Å². The molecule has 104 valence electrons. The highest BCUT2D eigenvalue weighted by atomic mass is 79.9. The van der Waals surface area contributed by atoms with Gasteiger partial charge in [-0.2, -0.15) is 0 Å². The summed E-state index contributed by atoms with van der Waals surface area (Å²) in [5, 5.41) is 1.11. The van der Waals surface area contributed by atoms with E-state index in [4.69, 9.17) is 0 Å². The third-order valence-electron chi connectivity index (χ3n) is 5.86. The molecule has 2 aliphatic rings. The second-order valence-corrected chi connectivity index (χ2v) is 7.33. The third kappa shape index (κ3) is 2.51. The lowest BCUT2D eigenvalue weighted by Crippen LogP contribution is -2.32. The van der Waals surface area contributed by atoms with Crippen molar-refractivity contribution in [2.24, 2.45) is 17.8 Å². The van der Waals surface area contributed by atoms with Gasteiger partial charge in [-0.25, -0.2) is 0 Å². The smallest absolute Gasteiger partial charge is 0.0129 e. The second-order valence-electron chi connectivity index (χ2n) is 6.77. The summed E-state index contributed by atoms with van der Waals surface area (Å²) in [5.41, 5.74) is 1.90. The van der Waals surface area contributed by atoms with Crippen LogP contribution in [0.1, 0.15) is 51.0 Å². The van der Waals surface area contributed by atoms with E-state index in [1.807, 2.05) is 0 Å². The summed E-state index contributed by atoms with van der Waals surface area (Å²) in [7, 11) is 0. The van der Waals surface area contributed by atoms with Crippen LogP contribution in [0.15, 0.2) is 30.3 Å².